The molecule has 0 aromatic heterocycles. The van der Waals surface area contributed by atoms with Gasteiger partial charge in [0.1, 0.15) is 5.75 Å². The van der Waals surface area contributed by atoms with Gasteiger partial charge in [0.2, 0.25) is 5.91 Å². The molecule has 28 heavy (non-hydrogen) atoms. The predicted molar refractivity (Wildman–Crippen MR) is 108 cm³/mol. The zero-order valence-electron chi connectivity index (χ0n) is 15.9. The van der Waals surface area contributed by atoms with E-state index in [4.69, 9.17) is 9.47 Å². The predicted octanol–water partition coefficient (Wildman–Crippen LogP) is 2.65. The lowest BCUT2D eigenvalue weighted by molar-refractivity contribution is -0.114. The van der Waals surface area contributed by atoms with Gasteiger partial charge in [-0.05, 0) is 55.3 Å². The summed E-state index contributed by atoms with van der Waals surface area (Å²) in [5.74, 6) is 0.375. The topological polar surface area (TPSA) is 88.7 Å². The van der Waals surface area contributed by atoms with Crippen LogP contribution in [0.2, 0.25) is 0 Å². The maximum atomic E-state index is 12.3. The minimum absolute atomic E-state index is 0.0934. The second-order valence-corrected chi connectivity index (χ2v) is 6.56. The van der Waals surface area contributed by atoms with Crippen LogP contribution in [0.4, 0.5) is 11.4 Å². The molecular weight excluding hydrogens is 358 g/mol. The van der Waals surface area contributed by atoms with Crippen molar-refractivity contribution >= 4 is 23.2 Å². The van der Waals surface area contributed by atoms with Crippen molar-refractivity contribution in [2.45, 2.75) is 18.9 Å². The Hall–Kier alpha value is -3.06. The lowest BCUT2D eigenvalue weighted by Gasteiger charge is -2.12. The molecule has 1 unspecified atom stereocenters. The van der Waals surface area contributed by atoms with Crippen LogP contribution in [0.3, 0.4) is 0 Å². The third kappa shape index (κ3) is 5.72. The van der Waals surface area contributed by atoms with Crippen LogP contribution < -0.4 is 20.7 Å². The molecule has 148 valence electrons. The molecule has 7 heteroatoms. The first kappa shape index (κ1) is 19.7. The van der Waals surface area contributed by atoms with Crippen molar-refractivity contribution in [3.63, 3.8) is 0 Å². The van der Waals surface area contributed by atoms with Crippen LogP contribution in [0.5, 0.6) is 5.75 Å². The molecule has 2 amide bonds. The first-order chi connectivity index (χ1) is 13.6. The van der Waals surface area contributed by atoms with Crippen molar-refractivity contribution in [1.82, 2.24) is 5.32 Å². The second kappa shape index (κ2) is 9.75. The fourth-order valence-corrected chi connectivity index (χ4v) is 2.95. The van der Waals surface area contributed by atoms with Gasteiger partial charge >= 0.3 is 0 Å². The normalized spacial score (nSPS) is 15.7. The molecule has 0 spiro atoms. The van der Waals surface area contributed by atoms with Gasteiger partial charge in [0, 0.05) is 30.1 Å². The summed E-state index contributed by atoms with van der Waals surface area (Å²) in [6, 6.07) is 14.2. The van der Waals surface area contributed by atoms with Gasteiger partial charge in [0.05, 0.1) is 19.8 Å². The Bertz CT molecular complexity index is 802. The Morgan fingerprint density at radius 1 is 1.14 bits per heavy atom. The molecule has 1 atom stereocenters. The highest BCUT2D eigenvalue weighted by molar-refractivity contribution is 5.98. The van der Waals surface area contributed by atoms with Gasteiger partial charge in [-0.15, -0.1) is 0 Å². The van der Waals surface area contributed by atoms with E-state index in [2.05, 4.69) is 16.0 Å². The highest BCUT2D eigenvalue weighted by Crippen LogP contribution is 2.15. The number of ether oxygens (including phenoxy) is 2. The summed E-state index contributed by atoms with van der Waals surface area (Å²) in [6.07, 6.45) is 2.10. The number of carbonyl (C=O) groups is 2. The number of carbonyl (C=O) groups excluding carboxylic acids is 2. The number of hydrogen-bond donors (Lipinski definition) is 3. The van der Waals surface area contributed by atoms with Crippen molar-refractivity contribution in [2.75, 3.05) is 37.4 Å². The summed E-state index contributed by atoms with van der Waals surface area (Å²) < 4.78 is 10.6. The van der Waals surface area contributed by atoms with E-state index in [9.17, 15) is 9.59 Å². The molecule has 3 N–H and O–H groups in total. The first-order valence-corrected chi connectivity index (χ1v) is 9.31. The molecule has 2 aromatic carbocycles. The fraction of sp³-hybridized carbons (Fsp3) is 0.333. The summed E-state index contributed by atoms with van der Waals surface area (Å²) in [4.78, 5) is 24.5. The molecule has 0 saturated carbocycles. The molecule has 3 rings (SSSR count). The number of amides is 2. The highest BCUT2D eigenvalue weighted by atomic mass is 16.5. The Kier molecular flexibility index (Phi) is 6.86. The van der Waals surface area contributed by atoms with Gasteiger partial charge in [0.25, 0.3) is 5.91 Å². The van der Waals surface area contributed by atoms with Crippen molar-refractivity contribution in [3.05, 3.63) is 54.1 Å². The Morgan fingerprint density at radius 2 is 1.96 bits per heavy atom. The maximum Gasteiger partial charge on any atom is 0.251 e. The van der Waals surface area contributed by atoms with Gasteiger partial charge in [-0.25, -0.2) is 0 Å². The average molecular weight is 383 g/mol. The molecule has 0 aliphatic carbocycles. The van der Waals surface area contributed by atoms with Crippen LogP contribution in [-0.2, 0) is 9.53 Å². The third-order valence-electron chi connectivity index (χ3n) is 4.47. The van der Waals surface area contributed by atoms with E-state index in [1.165, 1.54) is 0 Å². The minimum Gasteiger partial charge on any atom is -0.497 e. The quantitative estimate of drug-likeness (QED) is 0.652. The molecule has 1 aliphatic rings. The standard InChI is InChI=1S/C21H25N3O4/c1-27-18-9-7-16(8-10-18)22-14-20(25)24-17-5-2-4-15(12-17)21(26)23-13-19-6-3-11-28-19/h2,4-5,7-10,12,19,22H,3,6,11,13-14H2,1H3,(H,23,26)(H,24,25). The van der Waals surface area contributed by atoms with E-state index >= 15 is 0 Å². The Morgan fingerprint density at radius 3 is 2.68 bits per heavy atom. The monoisotopic (exact) mass is 383 g/mol. The molecule has 0 bridgehead atoms. The Balaban J connectivity index is 1.48. The van der Waals surface area contributed by atoms with Crippen molar-refractivity contribution in [2.24, 2.45) is 0 Å². The molecule has 7 nitrogen and oxygen atoms in total. The SMILES string of the molecule is COc1ccc(NCC(=O)Nc2cccc(C(=O)NCC3CCCO3)c2)cc1. The summed E-state index contributed by atoms with van der Waals surface area (Å²) in [7, 11) is 1.60. The van der Waals surface area contributed by atoms with E-state index in [1.54, 1.807) is 31.4 Å². The molecule has 1 saturated heterocycles. The molecular formula is C21H25N3O4. The number of rotatable bonds is 8. The van der Waals surface area contributed by atoms with Gasteiger partial charge < -0.3 is 25.4 Å². The number of hydrogen-bond acceptors (Lipinski definition) is 5. The van der Waals surface area contributed by atoms with Gasteiger partial charge in [-0.1, -0.05) is 6.07 Å². The second-order valence-electron chi connectivity index (χ2n) is 6.56. The molecule has 0 radical (unpaired) electrons. The van der Waals surface area contributed by atoms with Crippen LogP contribution in [-0.4, -0.2) is 44.7 Å². The summed E-state index contributed by atoms with van der Waals surface area (Å²) in [5, 5.41) is 8.72. The number of methoxy groups -OCH3 is 1. The number of nitrogens with one attached hydrogen (secondary N) is 3. The third-order valence-corrected chi connectivity index (χ3v) is 4.47. The molecule has 1 fully saturated rings. The molecule has 2 aromatic rings. The van der Waals surface area contributed by atoms with Gasteiger partial charge in [-0.2, -0.15) is 0 Å². The minimum atomic E-state index is -0.201. The molecule has 1 aliphatic heterocycles. The lowest BCUT2D eigenvalue weighted by Crippen LogP contribution is -2.31. The van der Waals surface area contributed by atoms with Crippen molar-refractivity contribution in [3.8, 4) is 5.75 Å². The summed E-state index contributed by atoms with van der Waals surface area (Å²) in [5.41, 5.74) is 1.89. The number of anilines is 2. The van der Waals surface area contributed by atoms with Crippen LogP contribution in [0.1, 0.15) is 23.2 Å². The zero-order chi connectivity index (χ0) is 19.8. The van der Waals surface area contributed by atoms with Crippen molar-refractivity contribution < 1.29 is 19.1 Å². The van der Waals surface area contributed by atoms with E-state index in [1.807, 2.05) is 24.3 Å². The highest BCUT2D eigenvalue weighted by Gasteiger charge is 2.16. The smallest absolute Gasteiger partial charge is 0.251 e. The Labute approximate surface area is 164 Å². The van der Waals surface area contributed by atoms with Crippen LogP contribution in [0, 0.1) is 0 Å². The van der Waals surface area contributed by atoms with Crippen molar-refractivity contribution in [1.29, 1.82) is 0 Å². The van der Waals surface area contributed by atoms with E-state index in [-0.39, 0.29) is 24.5 Å². The summed E-state index contributed by atoms with van der Waals surface area (Å²) >= 11 is 0. The van der Waals surface area contributed by atoms with Crippen LogP contribution >= 0.6 is 0 Å². The van der Waals surface area contributed by atoms with Gasteiger partial charge in [-0.3, -0.25) is 9.59 Å². The lowest BCUT2D eigenvalue weighted by atomic mass is 10.1. The van der Waals surface area contributed by atoms with E-state index < -0.39 is 0 Å². The molecule has 1 heterocycles. The van der Waals surface area contributed by atoms with Gasteiger partial charge in [0.15, 0.2) is 0 Å². The largest absolute Gasteiger partial charge is 0.497 e. The van der Waals surface area contributed by atoms with Crippen LogP contribution in [0.15, 0.2) is 48.5 Å². The van der Waals surface area contributed by atoms with Crippen LogP contribution in [0.25, 0.3) is 0 Å². The van der Waals surface area contributed by atoms with E-state index in [0.717, 1.165) is 30.9 Å². The maximum absolute atomic E-state index is 12.3. The average Bonchev–Trinajstić information content (AvgIpc) is 3.25. The number of benzene rings is 2. The summed E-state index contributed by atoms with van der Waals surface area (Å²) in [6.45, 7) is 1.37. The van der Waals surface area contributed by atoms with E-state index in [0.29, 0.717) is 17.8 Å². The fourth-order valence-electron chi connectivity index (χ4n) is 2.95. The zero-order valence-corrected chi connectivity index (χ0v) is 15.9. The first-order valence-electron chi connectivity index (χ1n) is 9.31.